The third kappa shape index (κ3) is 2.94. The molecule has 1 atom stereocenters. The predicted molar refractivity (Wildman–Crippen MR) is 82.2 cm³/mol. The molecule has 1 aliphatic rings. The maximum absolute atomic E-state index is 5.53. The zero-order valence-electron chi connectivity index (χ0n) is 12.6. The van der Waals surface area contributed by atoms with Crippen molar-refractivity contribution in [3.8, 4) is 5.75 Å². The van der Waals surface area contributed by atoms with Gasteiger partial charge in [0.1, 0.15) is 5.75 Å². The van der Waals surface area contributed by atoms with Crippen LogP contribution >= 0.6 is 0 Å². The van der Waals surface area contributed by atoms with Crippen molar-refractivity contribution in [2.24, 2.45) is 7.05 Å². The average Bonchev–Trinajstić information content (AvgIpc) is 2.93. The first-order valence-corrected chi connectivity index (χ1v) is 7.32. The SMILES string of the molecule is COc1ccccc1C1CNCCN1Cc1cncn1C. The number of para-hydroxylation sites is 1. The number of piperazine rings is 1. The molecule has 1 fully saturated rings. The molecule has 21 heavy (non-hydrogen) atoms. The Bertz CT molecular complexity index is 595. The van der Waals surface area contributed by atoms with Crippen LogP contribution in [0.5, 0.6) is 5.75 Å². The highest BCUT2D eigenvalue weighted by Gasteiger charge is 2.26. The second kappa shape index (κ2) is 6.28. The molecule has 112 valence electrons. The van der Waals surface area contributed by atoms with Gasteiger partial charge in [-0.2, -0.15) is 0 Å². The van der Waals surface area contributed by atoms with Crippen LogP contribution in [0.15, 0.2) is 36.8 Å². The van der Waals surface area contributed by atoms with Crippen molar-refractivity contribution in [1.29, 1.82) is 0 Å². The Morgan fingerprint density at radius 1 is 1.38 bits per heavy atom. The molecule has 0 spiro atoms. The molecule has 0 aliphatic carbocycles. The summed E-state index contributed by atoms with van der Waals surface area (Å²) in [7, 11) is 3.78. The molecule has 5 nitrogen and oxygen atoms in total. The third-order valence-electron chi connectivity index (χ3n) is 4.13. The fraction of sp³-hybridized carbons (Fsp3) is 0.438. The van der Waals surface area contributed by atoms with Crippen molar-refractivity contribution in [2.75, 3.05) is 26.7 Å². The monoisotopic (exact) mass is 286 g/mol. The lowest BCUT2D eigenvalue weighted by atomic mass is 10.0. The topological polar surface area (TPSA) is 42.3 Å². The summed E-state index contributed by atoms with van der Waals surface area (Å²) in [5, 5.41) is 3.49. The molecule has 0 bridgehead atoms. The summed E-state index contributed by atoms with van der Waals surface area (Å²) in [6.45, 7) is 3.89. The van der Waals surface area contributed by atoms with Crippen LogP contribution in [-0.4, -0.2) is 41.2 Å². The Hall–Kier alpha value is -1.85. The molecule has 1 aromatic heterocycles. The number of nitrogens with one attached hydrogen (secondary N) is 1. The Labute approximate surface area is 125 Å². The second-order valence-corrected chi connectivity index (χ2v) is 5.43. The van der Waals surface area contributed by atoms with Gasteiger partial charge < -0.3 is 14.6 Å². The lowest BCUT2D eigenvalue weighted by Gasteiger charge is -2.37. The van der Waals surface area contributed by atoms with E-state index in [1.807, 2.05) is 31.7 Å². The van der Waals surface area contributed by atoms with Gasteiger partial charge in [-0.05, 0) is 6.07 Å². The highest BCUT2D eigenvalue weighted by atomic mass is 16.5. The van der Waals surface area contributed by atoms with Gasteiger partial charge in [-0.3, -0.25) is 4.90 Å². The van der Waals surface area contributed by atoms with Crippen LogP contribution < -0.4 is 10.1 Å². The van der Waals surface area contributed by atoms with Gasteiger partial charge in [0, 0.05) is 45.0 Å². The standard InChI is InChI=1S/C16H22N4O/c1-19-12-18-9-13(19)11-20-8-7-17-10-15(20)14-5-3-4-6-16(14)21-2/h3-6,9,12,15,17H,7-8,10-11H2,1-2H3. The van der Waals surface area contributed by atoms with Crippen molar-refractivity contribution in [1.82, 2.24) is 19.8 Å². The number of ether oxygens (including phenoxy) is 1. The first-order chi connectivity index (χ1) is 10.3. The van der Waals surface area contributed by atoms with Gasteiger partial charge in [0.25, 0.3) is 0 Å². The van der Waals surface area contributed by atoms with Gasteiger partial charge in [0.2, 0.25) is 0 Å². The van der Waals surface area contributed by atoms with Crippen LogP contribution in [0.1, 0.15) is 17.3 Å². The number of imidazole rings is 1. The minimum absolute atomic E-state index is 0.324. The van der Waals surface area contributed by atoms with Crippen LogP contribution in [-0.2, 0) is 13.6 Å². The summed E-state index contributed by atoms with van der Waals surface area (Å²) in [4.78, 5) is 6.71. The van der Waals surface area contributed by atoms with Crippen molar-refractivity contribution >= 4 is 0 Å². The number of methoxy groups -OCH3 is 1. The Kier molecular flexibility index (Phi) is 4.22. The van der Waals surface area contributed by atoms with Crippen LogP contribution in [0, 0.1) is 0 Å². The molecule has 1 aliphatic heterocycles. The number of aromatic nitrogens is 2. The normalized spacial score (nSPS) is 19.6. The van der Waals surface area contributed by atoms with E-state index in [0.717, 1.165) is 31.9 Å². The summed E-state index contributed by atoms with van der Waals surface area (Å²) in [5.41, 5.74) is 2.48. The fourth-order valence-electron chi connectivity index (χ4n) is 2.93. The minimum Gasteiger partial charge on any atom is -0.496 e. The Morgan fingerprint density at radius 3 is 3.00 bits per heavy atom. The summed E-state index contributed by atoms with van der Waals surface area (Å²) >= 11 is 0. The number of hydrogen-bond donors (Lipinski definition) is 1. The summed E-state index contributed by atoms with van der Waals surface area (Å²) < 4.78 is 7.62. The van der Waals surface area contributed by atoms with Crippen LogP contribution in [0.3, 0.4) is 0 Å². The largest absolute Gasteiger partial charge is 0.496 e. The maximum atomic E-state index is 5.53. The summed E-state index contributed by atoms with van der Waals surface area (Å²) in [6.07, 6.45) is 3.80. The third-order valence-corrected chi connectivity index (χ3v) is 4.13. The van der Waals surface area contributed by atoms with Gasteiger partial charge in [0.15, 0.2) is 0 Å². The molecule has 5 heteroatoms. The smallest absolute Gasteiger partial charge is 0.123 e. The molecule has 0 amide bonds. The first-order valence-electron chi connectivity index (χ1n) is 7.32. The van der Waals surface area contributed by atoms with E-state index >= 15 is 0 Å². The van der Waals surface area contributed by atoms with E-state index < -0.39 is 0 Å². The maximum Gasteiger partial charge on any atom is 0.123 e. The van der Waals surface area contributed by atoms with E-state index in [2.05, 4.69) is 31.9 Å². The van der Waals surface area contributed by atoms with E-state index in [1.54, 1.807) is 7.11 Å². The van der Waals surface area contributed by atoms with Gasteiger partial charge in [0.05, 0.1) is 25.2 Å². The minimum atomic E-state index is 0.324. The van der Waals surface area contributed by atoms with Gasteiger partial charge in [-0.1, -0.05) is 18.2 Å². The molecule has 2 heterocycles. The molecule has 0 saturated carbocycles. The van der Waals surface area contributed by atoms with Crippen molar-refractivity contribution < 1.29 is 4.74 Å². The highest BCUT2D eigenvalue weighted by Crippen LogP contribution is 2.30. The van der Waals surface area contributed by atoms with E-state index in [-0.39, 0.29) is 0 Å². The Morgan fingerprint density at radius 2 is 2.24 bits per heavy atom. The van der Waals surface area contributed by atoms with Gasteiger partial charge in [-0.25, -0.2) is 4.98 Å². The van der Waals surface area contributed by atoms with Crippen LogP contribution in [0.25, 0.3) is 0 Å². The lowest BCUT2D eigenvalue weighted by Crippen LogP contribution is -2.45. The van der Waals surface area contributed by atoms with E-state index in [4.69, 9.17) is 4.74 Å². The molecule has 1 unspecified atom stereocenters. The van der Waals surface area contributed by atoms with Crippen molar-refractivity contribution in [3.05, 3.63) is 48.0 Å². The summed E-state index contributed by atoms with van der Waals surface area (Å²) in [6, 6.07) is 8.61. The zero-order valence-corrected chi connectivity index (χ0v) is 12.6. The van der Waals surface area contributed by atoms with Crippen molar-refractivity contribution in [2.45, 2.75) is 12.6 Å². The van der Waals surface area contributed by atoms with Gasteiger partial charge >= 0.3 is 0 Å². The molecular weight excluding hydrogens is 264 g/mol. The highest BCUT2D eigenvalue weighted by molar-refractivity contribution is 5.36. The number of benzene rings is 1. The van der Waals surface area contributed by atoms with Crippen molar-refractivity contribution in [3.63, 3.8) is 0 Å². The predicted octanol–water partition coefficient (Wildman–Crippen LogP) is 1.58. The fourth-order valence-corrected chi connectivity index (χ4v) is 2.93. The zero-order chi connectivity index (χ0) is 14.7. The molecule has 1 aromatic carbocycles. The number of hydrogen-bond acceptors (Lipinski definition) is 4. The molecule has 1 saturated heterocycles. The molecular formula is C16H22N4O. The number of nitrogens with zero attached hydrogens (tertiary/aromatic N) is 3. The first kappa shape index (κ1) is 14.1. The lowest BCUT2D eigenvalue weighted by molar-refractivity contribution is 0.148. The molecule has 3 rings (SSSR count). The molecule has 1 N–H and O–H groups in total. The van der Waals surface area contributed by atoms with E-state index in [1.165, 1.54) is 11.3 Å². The molecule has 2 aromatic rings. The van der Waals surface area contributed by atoms with Gasteiger partial charge in [-0.15, -0.1) is 0 Å². The average molecular weight is 286 g/mol. The quantitative estimate of drug-likeness (QED) is 0.926. The van der Waals surface area contributed by atoms with E-state index in [9.17, 15) is 0 Å². The summed E-state index contributed by atoms with van der Waals surface area (Å²) in [5.74, 6) is 0.959. The van der Waals surface area contributed by atoms with Crippen LogP contribution in [0.2, 0.25) is 0 Å². The Balaban J connectivity index is 1.86. The van der Waals surface area contributed by atoms with E-state index in [0.29, 0.717) is 6.04 Å². The van der Waals surface area contributed by atoms with Crippen LogP contribution in [0.4, 0.5) is 0 Å². The number of aryl methyl sites for hydroxylation is 1. The molecule has 0 radical (unpaired) electrons. The number of rotatable bonds is 4. The second-order valence-electron chi connectivity index (χ2n) is 5.43.